The van der Waals surface area contributed by atoms with Gasteiger partial charge in [0.1, 0.15) is 0 Å². The smallest absolute Gasteiger partial charge is 0.267 e. The zero-order chi connectivity index (χ0) is 23.7. The van der Waals surface area contributed by atoms with Crippen molar-refractivity contribution in [1.82, 2.24) is 13.8 Å². The van der Waals surface area contributed by atoms with Crippen molar-refractivity contribution in [2.45, 2.75) is 20.8 Å². The highest BCUT2D eigenvalue weighted by Gasteiger charge is 2.20. The summed E-state index contributed by atoms with van der Waals surface area (Å²) in [6.45, 7) is 5.63. The molecule has 0 fully saturated rings. The molecule has 0 aliphatic carbocycles. The maximum absolute atomic E-state index is 13.3. The Bertz CT molecular complexity index is 1420. The third-order valence-corrected chi connectivity index (χ3v) is 5.26. The highest BCUT2D eigenvalue weighted by atomic mass is 16.2. The Balaban J connectivity index is 1.96. The van der Waals surface area contributed by atoms with E-state index in [1.165, 1.54) is 0 Å². The molecule has 0 bridgehead atoms. The Kier molecular flexibility index (Phi) is 5.66. The number of carbonyl (C=O) groups excluding carboxylic acids is 1. The second kappa shape index (κ2) is 8.58. The molecule has 1 amide bonds. The van der Waals surface area contributed by atoms with Gasteiger partial charge in [-0.25, -0.2) is 23.5 Å². The van der Waals surface area contributed by atoms with Gasteiger partial charge in [0, 0.05) is 5.56 Å². The highest BCUT2D eigenvalue weighted by Crippen LogP contribution is 2.08. The second-order valence-electron chi connectivity index (χ2n) is 7.83. The van der Waals surface area contributed by atoms with Gasteiger partial charge in [-0.05, 0) is 57.2 Å². The number of aromatic nitrogens is 3. The molecule has 1 aromatic heterocycles. The van der Waals surface area contributed by atoms with E-state index < -0.39 is 23.0 Å². The lowest BCUT2D eigenvalue weighted by atomic mass is 10.1. The minimum Gasteiger partial charge on any atom is -0.267 e. The normalized spacial score (nSPS) is 10.8. The summed E-state index contributed by atoms with van der Waals surface area (Å²) in [5, 5.41) is 0. The summed E-state index contributed by atoms with van der Waals surface area (Å²) in [5.74, 6) is -0.654. The summed E-state index contributed by atoms with van der Waals surface area (Å²) in [6, 6.07) is 20.1. The lowest BCUT2D eigenvalue weighted by molar-refractivity contribution is 0.100. The first-order chi connectivity index (χ1) is 15.8. The van der Waals surface area contributed by atoms with Gasteiger partial charge < -0.3 is 0 Å². The largest absolute Gasteiger partial charge is 0.360 e. The highest BCUT2D eigenvalue weighted by molar-refractivity contribution is 5.99. The maximum atomic E-state index is 13.3. The zero-order valence-corrected chi connectivity index (χ0v) is 18.4. The predicted molar refractivity (Wildman–Crippen MR) is 126 cm³/mol. The molecule has 0 spiro atoms. The van der Waals surface area contributed by atoms with E-state index in [1.54, 1.807) is 72.8 Å². The molecular formula is C25H22N4O4. The summed E-state index contributed by atoms with van der Waals surface area (Å²) in [4.78, 5) is 52.6. The number of carbonyl (C=O) groups is 1. The van der Waals surface area contributed by atoms with E-state index in [0.29, 0.717) is 4.68 Å². The minimum atomic E-state index is -0.974. The van der Waals surface area contributed by atoms with Crippen LogP contribution in [0.4, 0.5) is 0 Å². The molecule has 1 heterocycles. The molecule has 1 N–H and O–H groups in total. The van der Waals surface area contributed by atoms with Crippen molar-refractivity contribution in [3.05, 3.63) is 127 Å². The van der Waals surface area contributed by atoms with Gasteiger partial charge in [0.2, 0.25) is 0 Å². The fraction of sp³-hybridized carbons (Fsp3) is 0.120. The average Bonchev–Trinajstić information content (AvgIpc) is 2.79. The van der Waals surface area contributed by atoms with E-state index in [0.717, 1.165) is 25.8 Å². The summed E-state index contributed by atoms with van der Waals surface area (Å²) >= 11 is 0. The van der Waals surface area contributed by atoms with Gasteiger partial charge in [0.05, 0.1) is 11.4 Å². The van der Waals surface area contributed by atoms with Crippen LogP contribution in [-0.4, -0.2) is 19.7 Å². The van der Waals surface area contributed by atoms with Crippen LogP contribution in [0.2, 0.25) is 0 Å². The molecule has 0 saturated carbocycles. The number of benzene rings is 3. The third kappa shape index (κ3) is 4.18. The van der Waals surface area contributed by atoms with Gasteiger partial charge in [0.25, 0.3) is 5.91 Å². The molecule has 33 heavy (non-hydrogen) atoms. The molecule has 4 aromatic rings. The van der Waals surface area contributed by atoms with E-state index in [1.807, 2.05) is 20.8 Å². The molecule has 0 aliphatic heterocycles. The number of rotatable bonds is 4. The Hall–Kier alpha value is -4.46. The topological polar surface area (TPSA) is 95.1 Å². The van der Waals surface area contributed by atoms with Crippen molar-refractivity contribution in [3.8, 4) is 11.4 Å². The first-order valence-corrected chi connectivity index (χ1v) is 10.3. The molecule has 166 valence electrons. The number of aryl methyl sites for hydroxylation is 3. The van der Waals surface area contributed by atoms with Gasteiger partial charge in [0.15, 0.2) is 0 Å². The van der Waals surface area contributed by atoms with Crippen molar-refractivity contribution < 1.29 is 4.79 Å². The number of nitrogens with one attached hydrogen (secondary N) is 1. The number of hydrogen-bond donors (Lipinski definition) is 1. The molecule has 0 radical (unpaired) electrons. The first kappa shape index (κ1) is 21.8. The summed E-state index contributed by atoms with van der Waals surface area (Å²) in [5.41, 5.74) is 3.22. The van der Waals surface area contributed by atoms with Crippen LogP contribution in [0.15, 0.2) is 87.2 Å². The van der Waals surface area contributed by atoms with Crippen LogP contribution < -0.4 is 22.5 Å². The van der Waals surface area contributed by atoms with Crippen molar-refractivity contribution in [1.29, 1.82) is 0 Å². The first-order valence-electron chi connectivity index (χ1n) is 10.3. The standard InChI is InChI=1S/C25H22N4O4/c1-16-4-10-19(11-5-16)22(30)26-29-24(32)27(20-12-6-17(2)7-13-20)23(31)28(25(29)33)21-14-8-18(3)9-15-21/h4-15H,1-3H3,(H,26,30). The Morgan fingerprint density at radius 3 is 1.33 bits per heavy atom. The SMILES string of the molecule is Cc1ccc(C(=O)Nn2c(=O)n(-c3ccc(C)cc3)c(=O)n(-c3ccc(C)cc3)c2=O)cc1. The van der Waals surface area contributed by atoms with Crippen molar-refractivity contribution in [2.75, 3.05) is 5.43 Å². The van der Waals surface area contributed by atoms with Gasteiger partial charge in [-0.1, -0.05) is 53.1 Å². The fourth-order valence-electron chi connectivity index (χ4n) is 3.34. The van der Waals surface area contributed by atoms with Crippen LogP contribution in [0.3, 0.4) is 0 Å². The van der Waals surface area contributed by atoms with E-state index in [2.05, 4.69) is 5.43 Å². The van der Waals surface area contributed by atoms with Crippen molar-refractivity contribution >= 4 is 5.91 Å². The van der Waals surface area contributed by atoms with Gasteiger partial charge in [-0.15, -0.1) is 4.68 Å². The van der Waals surface area contributed by atoms with E-state index in [9.17, 15) is 19.2 Å². The van der Waals surface area contributed by atoms with Gasteiger partial charge in [-0.2, -0.15) is 0 Å². The van der Waals surface area contributed by atoms with Gasteiger partial charge in [-0.3, -0.25) is 10.2 Å². The quantitative estimate of drug-likeness (QED) is 0.525. The maximum Gasteiger partial charge on any atom is 0.360 e. The van der Waals surface area contributed by atoms with Crippen LogP contribution in [0.5, 0.6) is 0 Å². The minimum absolute atomic E-state index is 0.266. The Labute approximate surface area is 189 Å². The third-order valence-electron chi connectivity index (χ3n) is 5.26. The molecule has 0 unspecified atom stereocenters. The molecule has 0 aliphatic rings. The zero-order valence-electron chi connectivity index (χ0n) is 18.4. The predicted octanol–water partition coefficient (Wildman–Crippen LogP) is 2.46. The van der Waals surface area contributed by atoms with Crippen molar-refractivity contribution in [3.63, 3.8) is 0 Å². The summed E-state index contributed by atoms with van der Waals surface area (Å²) in [7, 11) is 0. The number of hydrogen-bond acceptors (Lipinski definition) is 4. The van der Waals surface area contributed by atoms with Crippen LogP contribution >= 0.6 is 0 Å². The van der Waals surface area contributed by atoms with E-state index >= 15 is 0 Å². The van der Waals surface area contributed by atoms with Crippen LogP contribution in [-0.2, 0) is 0 Å². The van der Waals surface area contributed by atoms with E-state index in [4.69, 9.17) is 0 Å². The molecule has 8 nitrogen and oxygen atoms in total. The van der Waals surface area contributed by atoms with Crippen LogP contribution in [0, 0.1) is 20.8 Å². The van der Waals surface area contributed by atoms with Gasteiger partial charge >= 0.3 is 17.1 Å². The Morgan fingerprint density at radius 2 is 0.939 bits per heavy atom. The number of amides is 1. The molecule has 0 atom stereocenters. The average molecular weight is 442 g/mol. The molecule has 4 rings (SSSR count). The van der Waals surface area contributed by atoms with Crippen LogP contribution in [0.1, 0.15) is 27.0 Å². The lowest BCUT2D eigenvalue weighted by Crippen LogP contribution is -2.56. The van der Waals surface area contributed by atoms with Crippen molar-refractivity contribution in [2.24, 2.45) is 0 Å². The summed E-state index contributed by atoms with van der Waals surface area (Å²) in [6.07, 6.45) is 0. The molecular weight excluding hydrogens is 420 g/mol. The summed E-state index contributed by atoms with van der Waals surface area (Å²) < 4.78 is 2.27. The lowest BCUT2D eigenvalue weighted by Gasteiger charge is -2.15. The molecule has 8 heteroatoms. The van der Waals surface area contributed by atoms with E-state index in [-0.39, 0.29) is 16.9 Å². The molecule has 3 aromatic carbocycles. The Morgan fingerprint density at radius 1 is 0.576 bits per heavy atom. The fourth-order valence-corrected chi connectivity index (χ4v) is 3.34. The number of nitrogens with zero attached hydrogens (tertiary/aromatic N) is 3. The molecule has 0 saturated heterocycles. The monoisotopic (exact) mass is 442 g/mol. The second-order valence-corrected chi connectivity index (χ2v) is 7.83. The van der Waals surface area contributed by atoms with Crippen LogP contribution in [0.25, 0.3) is 11.4 Å².